The monoisotopic (exact) mass is 295 g/mol. The van der Waals surface area contributed by atoms with Crippen molar-refractivity contribution in [2.24, 2.45) is 11.8 Å². The van der Waals surface area contributed by atoms with E-state index in [-0.39, 0.29) is 0 Å². The fourth-order valence-electron chi connectivity index (χ4n) is 2.69. The van der Waals surface area contributed by atoms with E-state index in [0.29, 0.717) is 6.04 Å². The average molecular weight is 296 g/mol. The molecule has 1 aliphatic rings. The average Bonchev–Trinajstić information content (AvgIpc) is 2.30. The molecule has 1 N–H and O–H groups in total. The van der Waals surface area contributed by atoms with Crippen molar-refractivity contribution in [3.8, 4) is 0 Å². The van der Waals surface area contributed by atoms with E-state index in [1.165, 1.54) is 35.0 Å². The molecule has 0 saturated heterocycles. The van der Waals surface area contributed by atoms with Gasteiger partial charge in [0.15, 0.2) is 0 Å². The minimum atomic E-state index is 0.622. The zero-order valence-electron chi connectivity index (χ0n) is 11.0. The Balaban J connectivity index is 2.11. The van der Waals surface area contributed by atoms with Crippen LogP contribution in [0.5, 0.6) is 0 Å². The van der Waals surface area contributed by atoms with Crippen LogP contribution in [-0.4, -0.2) is 6.04 Å². The second-order valence-corrected chi connectivity index (χ2v) is 6.38. The summed E-state index contributed by atoms with van der Waals surface area (Å²) < 4.78 is 1.21. The summed E-state index contributed by atoms with van der Waals surface area (Å²) >= 11 is 3.68. The van der Waals surface area contributed by atoms with Crippen LogP contribution in [0.1, 0.15) is 38.7 Å². The highest BCUT2D eigenvalue weighted by Crippen LogP contribution is 2.33. The predicted octanol–water partition coefficient (Wildman–Crippen LogP) is 4.99. The molecular formula is C15H22BrN. The summed E-state index contributed by atoms with van der Waals surface area (Å²) in [6.07, 6.45) is 4.03. The SMILES string of the molecule is Cc1cccc(NC2CC(C)CCC2C)c1Br. The first-order valence-corrected chi connectivity index (χ1v) is 7.39. The third-order valence-corrected chi connectivity index (χ3v) is 5.04. The van der Waals surface area contributed by atoms with Gasteiger partial charge in [0.05, 0.1) is 0 Å². The number of benzene rings is 1. The van der Waals surface area contributed by atoms with E-state index >= 15 is 0 Å². The number of aryl methyl sites for hydroxylation is 1. The van der Waals surface area contributed by atoms with Gasteiger partial charge in [-0.05, 0) is 59.2 Å². The smallest absolute Gasteiger partial charge is 0.0489 e. The van der Waals surface area contributed by atoms with E-state index in [1.807, 2.05) is 0 Å². The zero-order chi connectivity index (χ0) is 12.4. The molecule has 2 rings (SSSR count). The van der Waals surface area contributed by atoms with Gasteiger partial charge in [-0.25, -0.2) is 0 Å². The van der Waals surface area contributed by atoms with Crippen LogP contribution in [0, 0.1) is 18.8 Å². The third kappa shape index (κ3) is 3.04. The Hall–Kier alpha value is -0.500. The number of hydrogen-bond donors (Lipinski definition) is 1. The topological polar surface area (TPSA) is 12.0 Å². The van der Waals surface area contributed by atoms with E-state index < -0.39 is 0 Å². The van der Waals surface area contributed by atoms with Gasteiger partial charge in [0, 0.05) is 16.2 Å². The minimum absolute atomic E-state index is 0.622. The molecule has 1 aromatic rings. The molecule has 0 aromatic heterocycles. The Morgan fingerprint density at radius 1 is 1.24 bits per heavy atom. The lowest BCUT2D eigenvalue weighted by Crippen LogP contribution is -2.33. The van der Waals surface area contributed by atoms with Crippen molar-refractivity contribution >= 4 is 21.6 Å². The molecule has 1 aliphatic carbocycles. The maximum atomic E-state index is 3.72. The van der Waals surface area contributed by atoms with Crippen LogP contribution in [0.3, 0.4) is 0 Å². The number of hydrogen-bond acceptors (Lipinski definition) is 1. The van der Waals surface area contributed by atoms with Gasteiger partial charge in [-0.15, -0.1) is 0 Å². The first-order valence-electron chi connectivity index (χ1n) is 6.59. The van der Waals surface area contributed by atoms with Crippen LogP contribution in [0.25, 0.3) is 0 Å². The molecule has 1 fully saturated rings. The van der Waals surface area contributed by atoms with Crippen molar-refractivity contribution in [1.29, 1.82) is 0 Å². The summed E-state index contributed by atoms with van der Waals surface area (Å²) in [7, 11) is 0. The molecule has 17 heavy (non-hydrogen) atoms. The maximum Gasteiger partial charge on any atom is 0.0489 e. The highest BCUT2D eigenvalue weighted by Gasteiger charge is 2.25. The summed E-state index contributed by atoms with van der Waals surface area (Å²) in [6, 6.07) is 7.06. The van der Waals surface area contributed by atoms with Gasteiger partial charge in [-0.1, -0.05) is 32.4 Å². The van der Waals surface area contributed by atoms with E-state index in [9.17, 15) is 0 Å². The zero-order valence-corrected chi connectivity index (χ0v) is 12.5. The minimum Gasteiger partial charge on any atom is -0.381 e. The van der Waals surface area contributed by atoms with Crippen molar-refractivity contribution in [3.63, 3.8) is 0 Å². The third-order valence-electron chi connectivity index (χ3n) is 3.99. The van der Waals surface area contributed by atoms with E-state index in [0.717, 1.165) is 11.8 Å². The summed E-state index contributed by atoms with van der Waals surface area (Å²) in [5.74, 6) is 1.63. The van der Waals surface area contributed by atoms with Crippen LogP contribution >= 0.6 is 15.9 Å². The number of rotatable bonds is 2. The van der Waals surface area contributed by atoms with Crippen LogP contribution in [0.4, 0.5) is 5.69 Å². The Bertz CT molecular complexity index is 389. The van der Waals surface area contributed by atoms with Crippen molar-refractivity contribution in [3.05, 3.63) is 28.2 Å². The summed E-state index contributed by atoms with van der Waals surface area (Å²) in [5.41, 5.74) is 2.54. The second-order valence-electron chi connectivity index (χ2n) is 5.58. The van der Waals surface area contributed by atoms with Crippen molar-refractivity contribution in [2.45, 2.75) is 46.1 Å². The van der Waals surface area contributed by atoms with Crippen LogP contribution in [0.2, 0.25) is 0 Å². The highest BCUT2D eigenvalue weighted by molar-refractivity contribution is 9.10. The fourth-order valence-corrected chi connectivity index (χ4v) is 3.07. The molecule has 1 nitrogen and oxygen atoms in total. The Kier molecular flexibility index (Phi) is 4.13. The van der Waals surface area contributed by atoms with E-state index in [1.54, 1.807) is 0 Å². The number of anilines is 1. The molecule has 0 aliphatic heterocycles. The molecular weight excluding hydrogens is 274 g/mol. The summed E-state index contributed by atoms with van der Waals surface area (Å²) in [6.45, 7) is 6.88. The van der Waals surface area contributed by atoms with Crippen LogP contribution < -0.4 is 5.32 Å². The van der Waals surface area contributed by atoms with Gasteiger partial charge in [-0.3, -0.25) is 0 Å². The van der Waals surface area contributed by atoms with Gasteiger partial charge >= 0.3 is 0 Å². The summed E-state index contributed by atoms with van der Waals surface area (Å²) in [5, 5.41) is 3.72. The Labute approximate surface area is 113 Å². The van der Waals surface area contributed by atoms with Crippen molar-refractivity contribution in [2.75, 3.05) is 5.32 Å². The van der Waals surface area contributed by atoms with E-state index in [2.05, 4.69) is 60.2 Å². The largest absolute Gasteiger partial charge is 0.381 e. The second kappa shape index (κ2) is 5.43. The Morgan fingerprint density at radius 2 is 2.00 bits per heavy atom. The number of nitrogens with one attached hydrogen (secondary N) is 1. The van der Waals surface area contributed by atoms with Gasteiger partial charge in [0.2, 0.25) is 0 Å². The molecule has 0 heterocycles. The summed E-state index contributed by atoms with van der Waals surface area (Å²) in [4.78, 5) is 0. The standard InChI is InChI=1S/C15H22BrN/c1-10-7-8-11(2)14(9-10)17-13-6-4-5-12(3)15(13)16/h4-6,10-11,14,17H,7-9H2,1-3H3. The quantitative estimate of drug-likeness (QED) is 0.810. The first-order chi connectivity index (χ1) is 8.08. The van der Waals surface area contributed by atoms with Crippen LogP contribution in [-0.2, 0) is 0 Å². The lowest BCUT2D eigenvalue weighted by molar-refractivity contribution is 0.280. The van der Waals surface area contributed by atoms with Crippen molar-refractivity contribution < 1.29 is 0 Å². The van der Waals surface area contributed by atoms with Gasteiger partial charge in [-0.2, -0.15) is 0 Å². The molecule has 0 bridgehead atoms. The van der Waals surface area contributed by atoms with Gasteiger partial charge < -0.3 is 5.32 Å². The molecule has 3 atom stereocenters. The molecule has 1 aromatic carbocycles. The first kappa shape index (κ1) is 12.9. The molecule has 94 valence electrons. The number of halogens is 1. The molecule has 0 spiro atoms. The molecule has 0 amide bonds. The predicted molar refractivity (Wildman–Crippen MR) is 78.5 cm³/mol. The normalized spacial score (nSPS) is 29.1. The van der Waals surface area contributed by atoms with E-state index in [4.69, 9.17) is 0 Å². The van der Waals surface area contributed by atoms with Crippen LogP contribution in [0.15, 0.2) is 22.7 Å². The molecule has 3 unspecified atom stereocenters. The fraction of sp³-hybridized carbons (Fsp3) is 0.600. The lowest BCUT2D eigenvalue weighted by Gasteiger charge is -2.34. The molecule has 1 saturated carbocycles. The van der Waals surface area contributed by atoms with Gasteiger partial charge in [0.1, 0.15) is 0 Å². The van der Waals surface area contributed by atoms with Gasteiger partial charge in [0.25, 0.3) is 0 Å². The van der Waals surface area contributed by atoms with Crippen molar-refractivity contribution in [1.82, 2.24) is 0 Å². The highest BCUT2D eigenvalue weighted by atomic mass is 79.9. The molecule has 0 radical (unpaired) electrons. The maximum absolute atomic E-state index is 3.72. The Morgan fingerprint density at radius 3 is 2.76 bits per heavy atom. The lowest BCUT2D eigenvalue weighted by atomic mass is 9.80. The molecule has 2 heteroatoms.